The van der Waals surface area contributed by atoms with Gasteiger partial charge in [-0.3, -0.25) is 10.1 Å². The Morgan fingerprint density at radius 1 is 1.13 bits per heavy atom. The van der Waals surface area contributed by atoms with Crippen LogP contribution in [-0.2, 0) is 10.0 Å². The summed E-state index contributed by atoms with van der Waals surface area (Å²) >= 11 is 0. The van der Waals surface area contributed by atoms with E-state index in [1.54, 1.807) is 24.3 Å². The lowest BCUT2D eigenvalue weighted by Gasteiger charge is -2.08. The summed E-state index contributed by atoms with van der Waals surface area (Å²) in [5.74, 6) is 0.520. The van der Waals surface area contributed by atoms with E-state index >= 15 is 0 Å². The summed E-state index contributed by atoms with van der Waals surface area (Å²) in [7, 11) is -2.46. The summed E-state index contributed by atoms with van der Waals surface area (Å²) < 4.78 is 31.8. The second kappa shape index (κ2) is 5.40. The van der Waals surface area contributed by atoms with Gasteiger partial charge in [-0.2, -0.15) is 0 Å². The van der Waals surface area contributed by atoms with Gasteiger partial charge in [0, 0.05) is 29.8 Å². The maximum absolute atomic E-state index is 12.8. The molecule has 0 saturated heterocycles. The lowest BCUT2D eigenvalue weighted by atomic mass is 10.2. The van der Waals surface area contributed by atoms with Gasteiger partial charge in [-0.25, -0.2) is 12.4 Å². The van der Waals surface area contributed by atoms with E-state index in [9.17, 15) is 18.5 Å². The molecule has 0 atom stereocenters. The Morgan fingerprint density at radius 2 is 1.91 bits per heavy atom. The summed E-state index contributed by atoms with van der Waals surface area (Å²) in [6.45, 7) is 0. The summed E-state index contributed by atoms with van der Waals surface area (Å²) in [6.07, 6.45) is 1.41. The number of non-ortho nitro benzene ring substituents is 1. The van der Waals surface area contributed by atoms with Crippen LogP contribution in [0.4, 0.5) is 5.69 Å². The highest BCUT2D eigenvalue weighted by molar-refractivity contribution is 7.90. The lowest BCUT2D eigenvalue weighted by molar-refractivity contribution is -0.385. The molecule has 3 aromatic rings. The highest BCUT2D eigenvalue weighted by atomic mass is 32.2. The monoisotopic (exact) mass is 332 g/mol. The van der Waals surface area contributed by atoms with E-state index in [2.05, 4.69) is 0 Å². The Morgan fingerprint density at radius 3 is 2.61 bits per heavy atom. The minimum Gasteiger partial charge on any atom is -0.497 e. The van der Waals surface area contributed by atoms with Crippen LogP contribution in [0.5, 0.6) is 5.75 Å². The molecule has 3 rings (SSSR count). The molecule has 0 saturated carbocycles. The molecule has 0 fully saturated rings. The number of hydrogen-bond donors (Lipinski definition) is 0. The van der Waals surface area contributed by atoms with Gasteiger partial charge in [0.1, 0.15) is 5.75 Å². The fourth-order valence-corrected chi connectivity index (χ4v) is 3.68. The highest BCUT2D eigenvalue weighted by Gasteiger charge is 2.21. The zero-order chi connectivity index (χ0) is 16.6. The standard InChI is InChI=1S/C15H12N2O5S/c1-22-13-6-5-11-7-8-16(15(11)10-13)23(20,21)14-4-2-3-12(9-14)17(18)19/h2-10H,1H3. The molecule has 0 unspecified atom stereocenters. The molecule has 0 spiro atoms. The van der Waals surface area contributed by atoms with E-state index in [1.165, 1.54) is 31.5 Å². The second-order valence-corrected chi connectivity index (χ2v) is 6.61. The molecule has 0 amide bonds. The van der Waals surface area contributed by atoms with E-state index in [0.29, 0.717) is 11.3 Å². The Bertz CT molecular complexity index is 1010. The normalized spacial score (nSPS) is 11.5. The van der Waals surface area contributed by atoms with Crippen LogP contribution in [0.15, 0.2) is 59.6 Å². The first-order chi connectivity index (χ1) is 10.9. The summed E-state index contributed by atoms with van der Waals surface area (Å²) in [5, 5.41) is 11.6. The van der Waals surface area contributed by atoms with Crippen molar-refractivity contribution in [3.8, 4) is 5.75 Å². The molecule has 2 aromatic carbocycles. The van der Waals surface area contributed by atoms with E-state index in [1.807, 2.05) is 0 Å². The Hall–Kier alpha value is -2.87. The maximum Gasteiger partial charge on any atom is 0.270 e. The molecule has 23 heavy (non-hydrogen) atoms. The van der Waals surface area contributed by atoms with E-state index in [4.69, 9.17) is 4.74 Å². The molecule has 0 radical (unpaired) electrons. The van der Waals surface area contributed by atoms with Crippen LogP contribution < -0.4 is 4.74 Å². The zero-order valence-electron chi connectivity index (χ0n) is 12.0. The third-order valence-electron chi connectivity index (χ3n) is 3.45. The van der Waals surface area contributed by atoms with Gasteiger partial charge in [-0.05, 0) is 24.3 Å². The number of methoxy groups -OCH3 is 1. The Labute approximate surface area is 131 Å². The van der Waals surface area contributed by atoms with E-state index in [-0.39, 0.29) is 10.6 Å². The van der Waals surface area contributed by atoms with Crippen LogP contribution in [-0.4, -0.2) is 24.4 Å². The van der Waals surface area contributed by atoms with Crippen molar-refractivity contribution in [3.05, 3.63) is 64.8 Å². The first-order valence-corrected chi connectivity index (χ1v) is 8.02. The minimum atomic E-state index is -3.95. The fraction of sp³-hybridized carbons (Fsp3) is 0.0667. The van der Waals surface area contributed by atoms with Gasteiger partial charge in [-0.1, -0.05) is 6.07 Å². The van der Waals surface area contributed by atoms with Crippen molar-refractivity contribution >= 4 is 26.6 Å². The van der Waals surface area contributed by atoms with Gasteiger partial charge in [-0.15, -0.1) is 0 Å². The largest absolute Gasteiger partial charge is 0.497 e. The van der Waals surface area contributed by atoms with Crippen LogP contribution in [0.25, 0.3) is 10.9 Å². The van der Waals surface area contributed by atoms with Crippen LogP contribution in [0.1, 0.15) is 0 Å². The zero-order valence-corrected chi connectivity index (χ0v) is 12.9. The number of hydrogen-bond acceptors (Lipinski definition) is 5. The van der Waals surface area contributed by atoms with Crippen molar-refractivity contribution in [1.29, 1.82) is 0 Å². The second-order valence-electron chi connectivity index (χ2n) is 4.80. The number of benzene rings is 2. The Kier molecular flexibility index (Phi) is 3.53. The smallest absolute Gasteiger partial charge is 0.270 e. The van der Waals surface area contributed by atoms with Gasteiger partial charge in [0.25, 0.3) is 15.7 Å². The van der Waals surface area contributed by atoms with Gasteiger partial charge < -0.3 is 4.74 Å². The van der Waals surface area contributed by atoms with E-state index < -0.39 is 14.9 Å². The molecule has 0 N–H and O–H groups in total. The first kappa shape index (κ1) is 15.0. The fourth-order valence-electron chi connectivity index (χ4n) is 2.29. The molecule has 118 valence electrons. The average Bonchev–Trinajstić information content (AvgIpc) is 2.98. The number of fused-ring (bicyclic) bond motifs is 1. The van der Waals surface area contributed by atoms with Crippen LogP contribution in [0.3, 0.4) is 0 Å². The number of aromatic nitrogens is 1. The topological polar surface area (TPSA) is 91.4 Å². The van der Waals surface area contributed by atoms with Crippen LogP contribution in [0, 0.1) is 10.1 Å². The highest BCUT2D eigenvalue weighted by Crippen LogP contribution is 2.27. The molecule has 0 bridgehead atoms. The number of nitro groups is 1. The van der Waals surface area contributed by atoms with Crippen LogP contribution >= 0.6 is 0 Å². The number of rotatable bonds is 4. The number of nitrogens with zero attached hydrogens (tertiary/aromatic N) is 2. The molecule has 1 heterocycles. The third-order valence-corrected chi connectivity index (χ3v) is 5.14. The number of ether oxygens (including phenoxy) is 1. The van der Waals surface area contributed by atoms with Crippen molar-refractivity contribution in [2.24, 2.45) is 0 Å². The molecule has 0 aliphatic heterocycles. The van der Waals surface area contributed by atoms with Gasteiger partial charge in [0.15, 0.2) is 0 Å². The van der Waals surface area contributed by atoms with Gasteiger partial charge in [0.2, 0.25) is 0 Å². The molecule has 0 aliphatic carbocycles. The van der Waals surface area contributed by atoms with Crippen molar-refractivity contribution < 1.29 is 18.1 Å². The minimum absolute atomic E-state index is 0.146. The number of nitro benzene ring substituents is 1. The predicted octanol–water partition coefficient (Wildman–Crippen LogP) is 2.80. The van der Waals surface area contributed by atoms with Crippen molar-refractivity contribution in [1.82, 2.24) is 3.97 Å². The molecular formula is C15H12N2O5S. The van der Waals surface area contributed by atoms with Gasteiger partial charge >= 0.3 is 0 Å². The first-order valence-electron chi connectivity index (χ1n) is 6.58. The molecule has 0 aliphatic rings. The van der Waals surface area contributed by atoms with Crippen molar-refractivity contribution in [2.75, 3.05) is 7.11 Å². The quantitative estimate of drug-likeness (QED) is 0.541. The third kappa shape index (κ3) is 2.53. The molecule has 8 heteroatoms. The molecule has 1 aromatic heterocycles. The summed E-state index contributed by atoms with van der Waals surface area (Å²) in [5.41, 5.74) is 0.163. The maximum atomic E-state index is 12.8. The molecule has 7 nitrogen and oxygen atoms in total. The average molecular weight is 332 g/mol. The van der Waals surface area contributed by atoms with Crippen LogP contribution in [0.2, 0.25) is 0 Å². The summed E-state index contributed by atoms with van der Waals surface area (Å²) in [4.78, 5) is 10.1. The summed E-state index contributed by atoms with van der Waals surface area (Å²) in [6, 6.07) is 11.7. The predicted molar refractivity (Wildman–Crippen MR) is 84.2 cm³/mol. The lowest BCUT2D eigenvalue weighted by Crippen LogP contribution is -2.12. The van der Waals surface area contributed by atoms with E-state index in [0.717, 1.165) is 15.4 Å². The van der Waals surface area contributed by atoms with Gasteiger partial charge in [0.05, 0.1) is 22.4 Å². The van der Waals surface area contributed by atoms with Crippen molar-refractivity contribution in [2.45, 2.75) is 4.90 Å². The van der Waals surface area contributed by atoms with Crippen molar-refractivity contribution in [3.63, 3.8) is 0 Å². The Balaban J connectivity index is 2.20. The molecular weight excluding hydrogens is 320 g/mol. The SMILES string of the molecule is COc1ccc2ccn(S(=O)(=O)c3cccc([N+](=O)[O-])c3)c2c1.